The summed E-state index contributed by atoms with van der Waals surface area (Å²) in [7, 11) is 1.32. The molecule has 0 bridgehead atoms. The Bertz CT molecular complexity index is 909. The summed E-state index contributed by atoms with van der Waals surface area (Å²) in [5, 5.41) is 2.83. The number of carbonyl (C=O) groups is 3. The number of methoxy groups -OCH3 is 1. The van der Waals surface area contributed by atoms with Crippen LogP contribution in [0.25, 0.3) is 0 Å². The Morgan fingerprint density at radius 3 is 2.79 bits per heavy atom. The first kappa shape index (κ1) is 19.4. The molecule has 2 aromatic rings. The van der Waals surface area contributed by atoms with Crippen LogP contribution in [0.5, 0.6) is 5.75 Å². The minimum Gasteiger partial charge on any atom is -0.482 e. The van der Waals surface area contributed by atoms with Crippen LogP contribution in [0.2, 0.25) is 0 Å². The number of anilines is 2. The van der Waals surface area contributed by atoms with Crippen molar-refractivity contribution in [2.45, 2.75) is 26.3 Å². The van der Waals surface area contributed by atoms with Crippen LogP contribution in [-0.4, -0.2) is 31.5 Å². The van der Waals surface area contributed by atoms with E-state index < -0.39 is 5.97 Å². The molecule has 0 aliphatic carbocycles. The zero-order chi connectivity index (χ0) is 20.1. The molecule has 7 heteroatoms. The number of carbonyl (C=O) groups excluding carboxylic acids is 3. The van der Waals surface area contributed by atoms with Gasteiger partial charge in [-0.05, 0) is 42.3 Å². The highest BCUT2D eigenvalue weighted by Gasteiger charge is 2.26. The average Bonchev–Trinajstić information content (AvgIpc) is 2.70. The second-order valence-electron chi connectivity index (χ2n) is 6.44. The number of nitrogens with zero attached hydrogens (tertiary/aromatic N) is 1. The van der Waals surface area contributed by atoms with Crippen LogP contribution >= 0.6 is 0 Å². The van der Waals surface area contributed by atoms with Gasteiger partial charge < -0.3 is 19.7 Å². The van der Waals surface area contributed by atoms with Gasteiger partial charge in [0.15, 0.2) is 6.61 Å². The number of hydrogen-bond acceptors (Lipinski definition) is 5. The fourth-order valence-electron chi connectivity index (χ4n) is 3.00. The summed E-state index contributed by atoms with van der Waals surface area (Å²) in [6.45, 7) is 2.14. The Morgan fingerprint density at radius 1 is 1.21 bits per heavy atom. The molecule has 1 N–H and O–H groups in total. The van der Waals surface area contributed by atoms with E-state index >= 15 is 0 Å². The number of nitrogens with one attached hydrogen (secondary N) is 1. The van der Waals surface area contributed by atoms with E-state index in [1.807, 2.05) is 13.0 Å². The molecule has 146 valence electrons. The summed E-state index contributed by atoms with van der Waals surface area (Å²) in [6, 6.07) is 12.1. The minimum atomic E-state index is -0.434. The van der Waals surface area contributed by atoms with Gasteiger partial charge in [0, 0.05) is 12.1 Å². The van der Waals surface area contributed by atoms with E-state index in [0.29, 0.717) is 29.1 Å². The Morgan fingerprint density at radius 2 is 2.04 bits per heavy atom. The lowest BCUT2D eigenvalue weighted by Gasteiger charge is -2.30. The maximum atomic E-state index is 12.5. The highest BCUT2D eigenvalue weighted by atomic mass is 16.5. The summed E-state index contributed by atoms with van der Waals surface area (Å²) in [6.07, 6.45) is 1.18. The van der Waals surface area contributed by atoms with E-state index in [2.05, 4.69) is 5.32 Å². The molecule has 7 nitrogen and oxygen atoms in total. The van der Waals surface area contributed by atoms with Crippen molar-refractivity contribution in [3.8, 4) is 5.75 Å². The van der Waals surface area contributed by atoms with E-state index in [9.17, 15) is 14.4 Å². The molecular formula is C21H22N2O5. The van der Waals surface area contributed by atoms with Crippen LogP contribution in [0, 0.1) is 0 Å². The summed E-state index contributed by atoms with van der Waals surface area (Å²) >= 11 is 0. The lowest BCUT2D eigenvalue weighted by Crippen LogP contribution is -2.38. The molecule has 0 atom stereocenters. The van der Waals surface area contributed by atoms with Crippen molar-refractivity contribution in [3.05, 3.63) is 53.6 Å². The third-order valence-electron chi connectivity index (χ3n) is 4.35. The van der Waals surface area contributed by atoms with Crippen molar-refractivity contribution in [2.24, 2.45) is 0 Å². The number of ether oxygens (including phenoxy) is 2. The van der Waals surface area contributed by atoms with Gasteiger partial charge in [-0.3, -0.25) is 9.59 Å². The van der Waals surface area contributed by atoms with Crippen LogP contribution < -0.4 is 15.0 Å². The maximum Gasteiger partial charge on any atom is 0.337 e. The largest absolute Gasteiger partial charge is 0.482 e. The van der Waals surface area contributed by atoms with E-state index in [4.69, 9.17) is 9.47 Å². The monoisotopic (exact) mass is 382 g/mol. The lowest BCUT2D eigenvalue weighted by atomic mass is 10.1. The fraction of sp³-hybridized carbons (Fsp3) is 0.286. The zero-order valence-electron chi connectivity index (χ0n) is 15.9. The number of benzene rings is 2. The Labute approximate surface area is 163 Å². The Balaban J connectivity index is 1.87. The summed E-state index contributed by atoms with van der Waals surface area (Å²) < 4.78 is 10.3. The van der Waals surface area contributed by atoms with Gasteiger partial charge in [-0.2, -0.15) is 0 Å². The van der Waals surface area contributed by atoms with E-state index in [1.54, 1.807) is 41.3 Å². The molecule has 0 radical (unpaired) electrons. The average molecular weight is 382 g/mol. The van der Waals surface area contributed by atoms with Crippen molar-refractivity contribution in [2.75, 3.05) is 23.9 Å². The highest BCUT2D eigenvalue weighted by Crippen LogP contribution is 2.35. The van der Waals surface area contributed by atoms with Crippen molar-refractivity contribution in [1.29, 1.82) is 0 Å². The van der Waals surface area contributed by atoms with Gasteiger partial charge in [0.1, 0.15) is 5.75 Å². The predicted octanol–water partition coefficient (Wildman–Crippen LogP) is 3.14. The molecule has 2 amide bonds. The molecule has 0 spiro atoms. The molecule has 0 fully saturated rings. The summed E-state index contributed by atoms with van der Waals surface area (Å²) in [5.41, 5.74) is 2.38. The van der Waals surface area contributed by atoms with E-state index in [1.165, 1.54) is 7.11 Å². The molecule has 0 aromatic heterocycles. The lowest BCUT2D eigenvalue weighted by molar-refractivity contribution is -0.121. The third kappa shape index (κ3) is 4.31. The predicted molar refractivity (Wildman–Crippen MR) is 104 cm³/mol. The first-order valence-electron chi connectivity index (χ1n) is 9.06. The number of amides is 2. The van der Waals surface area contributed by atoms with Crippen LogP contribution in [0.1, 0.15) is 35.7 Å². The normalized spacial score (nSPS) is 12.8. The van der Waals surface area contributed by atoms with Crippen molar-refractivity contribution in [3.63, 3.8) is 0 Å². The molecule has 0 saturated heterocycles. The fourth-order valence-corrected chi connectivity index (χ4v) is 3.00. The first-order valence-corrected chi connectivity index (χ1v) is 9.06. The summed E-state index contributed by atoms with van der Waals surface area (Å²) in [4.78, 5) is 37.7. The van der Waals surface area contributed by atoms with Crippen LogP contribution in [0.4, 0.5) is 11.4 Å². The topological polar surface area (TPSA) is 84.9 Å². The molecule has 1 aliphatic rings. The quantitative estimate of drug-likeness (QED) is 0.776. The van der Waals surface area contributed by atoms with Gasteiger partial charge in [-0.1, -0.05) is 19.1 Å². The standard InChI is InChI=1S/C21H22N2O5/c1-3-5-19(24)22-16-8-9-18-17(11-16)23(20(25)13-28-18)12-14-6-4-7-15(10-14)21(26)27-2/h4,6-11H,3,5,12-13H2,1-2H3,(H,22,24). The number of esters is 1. The molecule has 0 unspecified atom stereocenters. The molecule has 0 saturated carbocycles. The van der Waals surface area contributed by atoms with Crippen molar-refractivity contribution < 1.29 is 23.9 Å². The van der Waals surface area contributed by atoms with Gasteiger partial charge in [0.2, 0.25) is 5.91 Å². The van der Waals surface area contributed by atoms with Gasteiger partial charge in [-0.15, -0.1) is 0 Å². The second-order valence-corrected chi connectivity index (χ2v) is 6.44. The highest BCUT2D eigenvalue weighted by molar-refractivity contribution is 5.99. The SMILES string of the molecule is CCCC(=O)Nc1ccc2c(c1)N(Cc1cccc(C(=O)OC)c1)C(=O)CO2. The van der Waals surface area contributed by atoms with E-state index in [0.717, 1.165) is 12.0 Å². The molecule has 1 aliphatic heterocycles. The van der Waals surface area contributed by atoms with Crippen LogP contribution in [-0.2, 0) is 20.9 Å². The molecule has 28 heavy (non-hydrogen) atoms. The smallest absolute Gasteiger partial charge is 0.337 e. The van der Waals surface area contributed by atoms with Crippen LogP contribution in [0.15, 0.2) is 42.5 Å². The summed E-state index contributed by atoms with van der Waals surface area (Å²) in [5.74, 6) is -0.149. The van der Waals surface area contributed by atoms with Crippen LogP contribution in [0.3, 0.4) is 0 Å². The number of fused-ring (bicyclic) bond motifs is 1. The Hall–Kier alpha value is -3.35. The maximum absolute atomic E-state index is 12.5. The number of hydrogen-bond donors (Lipinski definition) is 1. The van der Waals surface area contributed by atoms with Gasteiger partial charge in [-0.25, -0.2) is 4.79 Å². The third-order valence-corrected chi connectivity index (χ3v) is 4.35. The van der Waals surface area contributed by atoms with Gasteiger partial charge in [0.25, 0.3) is 5.91 Å². The molecule has 2 aromatic carbocycles. The first-order chi connectivity index (χ1) is 13.5. The van der Waals surface area contributed by atoms with Crippen molar-refractivity contribution >= 4 is 29.2 Å². The van der Waals surface area contributed by atoms with Gasteiger partial charge in [0.05, 0.1) is 24.9 Å². The van der Waals surface area contributed by atoms with Gasteiger partial charge >= 0.3 is 5.97 Å². The Kier molecular flexibility index (Phi) is 5.93. The molecule has 3 rings (SSSR count). The second kappa shape index (κ2) is 8.56. The zero-order valence-corrected chi connectivity index (χ0v) is 15.9. The van der Waals surface area contributed by atoms with Crippen molar-refractivity contribution in [1.82, 2.24) is 0 Å². The number of rotatable bonds is 6. The van der Waals surface area contributed by atoms with E-state index in [-0.39, 0.29) is 25.0 Å². The molecular weight excluding hydrogens is 360 g/mol. The molecule has 1 heterocycles. The minimum absolute atomic E-state index is 0.0643.